The summed E-state index contributed by atoms with van der Waals surface area (Å²) in [7, 11) is 0. The highest BCUT2D eigenvalue weighted by Gasteiger charge is 2.20. The maximum absolute atomic E-state index is 12.5. The van der Waals surface area contributed by atoms with Crippen molar-refractivity contribution in [2.45, 2.75) is 398 Å². The van der Waals surface area contributed by atoms with Gasteiger partial charge in [0.15, 0.2) is 0 Å². The van der Waals surface area contributed by atoms with Crippen molar-refractivity contribution >= 4 is 11.9 Å². The molecule has 0 aliphatic carbocycles. The molecule has 0 fully saturated rings. The van der Waals surface area contributed by atoms with E-state index in [0.29, 0.717) is 25.9 Å². The minimum Gasteiger partial charge on any atom is -0.466 e. The maximum Gasteiger partial charge on any atom is 0.305 e. The van der Waals surface area contributed by atoms with E-state index in [0.717, 1.165) is 44.9 Å². The van der Waals surface area contributed by atoms with Crippen molar-refractivity contribution in [2.24, 2.45) is 0 Å². The number of hydrogen-bond acceptors (Lipinski definition) is 5. The van der Waals surface area contributed by atoms with Crippen molar-refractivity contribution < 1.29 is 24.5 Å². The average Bonchev–Trinajstić information content (AvgIpc) is 3.40. The molecule has 0 radical (unpaired) electrons. The summed E-state index contributed by atoms with van der Waals surface area (Å²) in [5.41, 5.74) is 0. The van der Waals surface area contributed by atoms with E-state index in [2.05, 4.69) is 31.3 Å². The number of hydrogen-bond donors (Lipinski definition) is 3. The number of amides is 1. The lowest BCUT2D eigenvalue weighted by molar-refractivity contribution is -0.143. The van der Waals surface area contributed by atoms with Crippen LogP contribution in [0.3, 0.4) is 0 Å². The fourth-order valence-corrected chi connectivity index (χ4v) is 10.9. The highest BCUT2D eigenvalue weighted by molar-refractivity contribution is 5.76. The van der Waals surface area contributed by atoms with E-state index >= 15 is 0 Å². The third-order valence-electron chi connectivity index (χ3n) is 16.1. The van der Waals surface area contributed by atoms with Crippen LogP contribution in [-0.4, -0.2) is 47.4 Å². The summed E-state index contributed by atoms with van der Waals surface area (Å²) in [6, 6.07) is -0.539. The number of nitrogens with one attached hydrogen (secondary N) is 1. The van der Waals surface area contributed by atoms with E-state index in [9.17, 15) is 19.8 Å². The molecule has 6 heteroatoms. The van der Waals surface area contributed by atoms with Gasteiger partial charge in [0, 0.05) is 12.8 Å². The molecule has 0 heterocycles. The van der Waals surface area contributed by atoms with Gasteiger partial charge in [0.2, 0.25) is 5.91 Å². The van der Waals surface area contributed by atoms with Crippen LogP contribution in [-0.2, 0) is 14.3 Å². The van der Waals surface area contributed by atoms with Gasteiger partial charge in [-0.3, -0.25) is 9.59 Å². The quantitative estimate of drug-likeness (QED) is 0.0320. The fraction of sp³-hybridized carbons (Fsp3) is 0.941. The lowest BCUT2D eigenvalue weighted by Crippen LogP contribution is -2.45. The molecule has 1 amide bonds. The van der Waals surface area contributed by atoms with Crippen LogP contribution in [0.1, 0.15) is 386 Å². The monoisotopic (exact) mass is 1040 g/mol. The van der Waals surface area contributed by atoms with E-state index < -0.39 is 12.1 Å². The SMILES string of the molecule is CCCCCC/C=C\CCCCCCCC(=O)OCCCCCCCCCCCCCCCCCCCCCCCCCCCCC(=O)NC(CO)C(O)CCCCCCCCCCCCCCCCCCCC. The first-order valence-electron chi connectivity index (χ1n) is 33.9. The van der Waals surface area contributed by atoms with Crippen LogP contribution in [0.2, 0.25) is 0 Å². The second-order valence-electron chi connectivity index (χ2n) is 23.5. The normalized spacial score (nSPS) is 12.5. The maximum atomic E-state index is 12.5. The molecule has 0 aromatic carbocycles. The van der Waals surface area contributed by atoms with Gasteiger partial charge in [-0.1, -0.05) is 334 Å². The molecular formula is C68H133NO5. The number of allylic oxidation sites excluding steroid dienone is 2. The molecule has 74 heavy (non-hydrogen) atoms. The van der Waals surface area contributed by atoms with Gasteiger partial charge in [0.05, 0.1) is 25.4 Å². The van der Waals surface area contributed by atoms with Crippen LogP contribution in [0.25, 0.3) is 0 Å². The predicted octanol–water partition coefficient (Wildman–Crippen LogP) is 21.6. The Morgan fingerprint density at radius 2 is 0.635 bits per heavy atom. The van der Waals surface area contributed by atoms with Crippen LogP contribution in [0.5, 0.6) is 0 Å². The van der Waals surface area contributed by atoms with Gasteiger partial charge in [-0.2, -0.15) is 0 Å². The van der Waals surface area contributed by atoms with Gasteiger partial charge in [-0.15, -0.1) is 0 Å². The zero-order valence-corrected chi connectivity index (χ0v) is 50.4. The number of unbranched alkanes of at least 4 members (excludes halogenated alkanes) is 51. The van der Waals surface area contributed by atoms with Crippen molar-refractivity contribution in [2.75, 3.05) is 13.2 Å². The molecule has 0 spiro atoms. The van der Waals surface area contributed by atoms with Gasteiger partial charge in [-0.05, 0) is 51.4 Å². The predicted molar refractivity (Wildman–Crippen MR) is 324 cm³/mol. The molecule has 0 rings (SSSR count). The van der Waals surface area contributed by atoms with Gasteiger partial charge < -0.3 is 20.3 Å². The fourth-order valence-electron chi connectivity index (χ4n) is 10.9. The minimum absolute atomic E-state index is 0.00887. The smallest absolute Gasteiger partial charge is 0.305 e. The summed E-state index contributed by atoms with van der Waals surface area (Å²) < 4.78 is 5.48. The molecule has 0 aromatic rings. The summed E-state index contributed by atoms with van der Waals surface area (Å²) in [6.45, 7) is 4.97. The second-order valence-corrected chi connectivity index (χ2v) is 23.5. The van der Waals surface area contributed by atoms with Crippen molar-refractivity contribution in [3.05, 3.63) is 12.2 Å². The Hall–Kier alpha value is -1.40. The minimum atomic E-state index is -0.662. The molecule has 0 aromatic heterocycles. The molecule has 2 unspecified atom stereocenters. The lowest BCUT2D eigenvalue weighted by atomic mass is 10.0. The van der Waals surface area contributed by atoms with Crippen molar-refractivity contribution in [1.82, 2.24) is 5.32 Å². The molecular weight excluding hydrogens is 911 g/mol. The molecule has 0 bridgehead atoms. The first-order chi connectivity index (χ1) is 36.5. The van der Waals surface area contributed by atoms with Crippen LogP contribution < -0.4 is 5.32 Å². The number of esters is 1. The van der Waals surface area contributed by atoms with Gasteiger partial charge in [-0.25, -0.2) is 0 Å². The van der Waals surface area contributed by atoms with Gasteiger partial charge >= 0.3 is 5.97 Å². The van der Waals surface area contributed by atoms with E-state index in [1.165, 1.54) is 308 Å². The molecule has 0 aliphatic heterocycles. The number of aliphatic hydroxyl groups is 2. The summed E-state index contributed by atoms with van der Waals surface area (Å²) in [6.07, 6.45) is 78.2. The first-order valence-corrected chi connectivity index (χ1v) is 33.9. The average molecular weight is 1040 g/mol. The Balaban J connectivity index is 3.35. The van der Waals surface area contributed by atoms with E-state index in [-0.39, 0.29) is 18.5 Å². The number of rotatable bonds is 64. The second kappa shape index (κ2) is 64.1. The lowest BCUT2D eigenvalue weighted by Gasteiger charge is -2.22. The standard InChI is InChI=1S/C68H133NO5/c1-3-5-7-9-11-13-15-17-18-19-30-33-37-40-44-48-52-56-60-66(71)65(64-70)69-67(72)61-57-53-49-45-41-38-34-31-28-26-24-22-20-21-23-25-27-29-32-35-39-43-47-51-55-59-63-74-68(73)62-58-54-50-46-42-36-16-14-12-10-8-6-4-2/h14,16,65-66,70-71H,3-13,15,17-64H2,1-2H3,(H,69,72)/b16-14-. The topological polar surface area (TPSA) is 95.9 Å². The summed E-state index contributed by atoms with van der Waals surface area (Å²) in [4.78, 5) is 24.6. The Kier molecular flexibility index (Phi) is 62.9. The first kappa shape index (κ1) is 72.6. The zero-order chi connectivity index (χ0) is 53.6. The van der Waals surface area contributed by atoms with Crippen molar-refractivity contribution in [3.63, 3.8) is 0 Å². The third-order valence-corrected chi connectivity index (χ3v) is 16.1. The molecule has 3 N–H and O–H groups in total. The largest absolute Gasteiger partial charge is 0.466 e. The van der Waals surface area contributed by atoms with E-state index in [4.69, 9.17) is 4.74 Å². The summed E-state index contributed by atoms with van der Waals surface area (Å²) in [5.74, 6) is -0.0199. The number of ether oxygens (including phenoxy) is 1. The van der Waals surface area contributed by atoms with Crippen LogP contribution >= 0.6 is 0 Å². The Morgan fingerprint density at radius 1 is 0.365 bits per heavy atom. The number of carbonyl (C=O) groups excluding carboxylic acids is 2. The molecule has 0 saturated carbocycles. The Labute approximate surface area is 463 Å². The summed E-state index contributed by atoms with van der Waals surface area (Å²) >= 11 is 0. The number of carbonyl (C=O) groups is 2. The highest BCUT2D eigenvalue weighted by atomic mass is 16.5. The summed E-state index contributed by atoms with van der Waals surface area (Å²) in [5, 5.41) is 23.4. The highest BCUT2D eigenvalue weighted by Crippen LogP contribution is 2.19. The molecule has 0 aliphatic rings. The van der Waals surface area contributed by atoms with E-state index in [1.54, 1.807) is 0 Å². The molecule has 0 saturated heterocycles. The number of aliphatic hydroxyl groups excluding tert-OH is 2. The van der Waals surface area contributed by atoms with Gasteiger partial charge in [0.1, 0.15) is 0 Å². The van der Waals surface area contributed by atoms with Crippen LogP contribution in [0.4, 0.5) is 0 Å². The van der Waals surface area contributed by atoms with Crippen LogP contribution in [0, 0.1) is 0 Å². The van der Waals surface area contributed by atoms with Crippen LogP contribution in [0.15, 0.2) is 12.2 Å². The Bertz CT molecular complexity index is 1110. The third kappa shape index (κ3) is 59.8. The zero-order valence-electron chi connectivity index (χ0n) is 50.4. The molecule has 2 atom stereocenters. The van der Waals surface area contributed by atoms with Gasteiger partial charge in [0.25, 0.3) is 0 Å². The van der Waals surface area contributed by atoms with E-state index in [1.807, 2.05) is 0 Å². The molecule has 6 nitrogen and oxygen atoms in total. The Morgan fingerprint density at radius 3 is 0.973 bits per heavy atom. The molecule has 440 valence electrons. The van der Waals surface area contributed by atoms with Crippen molar-refractivity contribution in [1.29, 1.82) is 0 Å². The van der Waals surface area contributed by atoms with Crippen molar-refractivity contribution in [3.8, 4) is 0 Å².